The van der Waals surface area contributed by atoms with Gasteiger partial charge in [-0.1, -0.05) is 20.3 Å². The molecular weight excluding hydrogens is 136 g/mol. The van der Waals surface area contributed by atoms with Crippen LogP contribution in [0.4, 0.5) is 0 Å². The molecule has 0 aromatic carbocycles. The molecule has 1 fully saturated rings. The van der Waals surface area contributed by atoms with E-state index in [-0.39, 0.29) is 5.60 Å². The Balaban J connectivity index is 2.41. The lowest BCUT2D eigenvalue weighted by Crippen LogP contribution is -2.35. The Bertz CT molecular complexity index is 125. The van der Waals surface area contributed by atoms with Crippen molar-refractivity contribution < 1.29 is 5.11 Å². The summed E-state index contributed by atoms with van der Waals surface area (Å²) in [5, 5.41) is 10.1. The van der Waals surface area contributed by atoms with E-state index in [0.717, 1.165) is 6.42 Å². The minimum Gasteiger partial charge on any atom is -0.390 e. The maximum atomic E-state index is 10.1. The molecule has 1 N–H and O–H groups in total. The predicted molar refractivity (Wildman–Crippen MR) is 47.4 cm³/mol. The van der Waals surface area contributed by atoms with Crippen LogP contribution < -0.4 is 0 Å². The van der Waals surface area contributed by atoms with Gasteiger partial charge in [-0.25, -0.2) is 0 Å². The summed E-state index contributed by atoms with van der Waals surface area (Å²) < 4.78 is 0. The van der Waals surface area contributed by atoms with Gasteiger partial charge < -0.3 is 5.11 Å². The van der Waals surface area contributed by atoms with Crippen molar-refractivity contribution in [2.45, 2.75) is 52.1 Å². The van der Waals surface area contributed by atoms with Crippen LogP contribution in [0.1, 0.15) is 46.5 Å². The third kappa shape index (κ3) is 1.96. The van der Waals surface area contributed by atoms with E-state index in [1.807, 2.05) is 6.92 Å². The molecule has 1 aliphatic carbocycles. The number of rotatable bonds is 4. The molecule has 0 spiro atoms. The van der Waals surface area contributed by atoms with Gasteiger partial charge in [0, 0.05) is 0 Å². The molecule has 1 nitrogen and oxygen atoms in total. The third-order valence-corrected chi connectivity index (χ3v) is 3.12. The molecular formula is C10H20O. The summed E-state index contributed by atoms with van der Waals surface area (Å²) in [4.78, 5) is 0. The molecule has 0 saturated heterocycles. The van der Waals surface area contributed by atoms with Crippen LogP contribution in [0.2, 0.25) is 0 Å². The Morgan fingerprint density at radius 1 is 1.55 bits per heavy atom. The van der Waals surface area contributed by atoms with Crippen molar-refractivity contribution in [2.75, 3.05) is 0 Å². The first-order valence-electron chi connectivity index (χ1n) is 4.81. The summed E-state index contributed by atoms with van der Waals surface area (Å²) in [5.74, 6) is 1.07. The Morgan fingerprint density at radius 3 is 2.45 bits per heavy atom. The van der Waals surface area contributed by atoms with Gasteiger partial charge >= 0.3 is 0 Å². The number of hydrogen-bond donors (Lipinski definition) is 1. The van der Waals surface area contributed by atoms with Crippen LogP contribution in [-0.4, -0.2) is 10.7 Å². The van der Waals surface area contributed by atoms with Crippen LogP contribution in [0.25, 0.3) is 0 Å². The quantitative estimate of drug-likeness (QED) is 0.663. The van der Waals surface area contributed by atoms with E-state index in [9.17, 15) is 5.11 Å². The molecule has 0 aromatic rings. The van der Waals surface area contributed by atoms with Crippen molar-refractivity contribution in [1.82, 2.24) is 0 Å². The smallest absolute Gasteiger partial charge is 0.0673 e. The number of aliphatic hydroxyl groups is 1. The molecule has 1 aliphatic rings. The molecule has 2 unspecified atom stereocenters. The maximum Gasteiger partial charge on any atom is 0.0673 e. The second-order valence-corrected chi connectivity index (χ2v) is 4.19. The predicted octanol–water partition coefficient (Wildman–Crippen LogP) is 2.58. The fraction of sp³-hybridized carbons (Fsp3) is 1.00. The average Bonchev–Trinajstić information content (AvgIpc) is 2.68. The summed E-state index contributed by atoms with van der Waals surface area (Å²) in [5.41, 5.74) is -0.379. The minimum atomic E-state index is -0.379. The van der Waals surface area contributed by atoms with E-state index in [1.54, 1.807) is 0 Å². The van der Waals surface area contributed by atoms with Gasteiger partial charge in [0.15, 0.2) is 0 Å². The first-order chi connectivity index (χ1) is 5.09. The zero-order valence-corrected chi connectivity index (χ0v) is 7.93. The largest absolute Gasteiger partial charge is 0.390 e. The molecule has 0 aliphatic heterocycles. The molecule has 1 heteroatoms. The van der Waals surface area contributed by atoms with Crippen molar-refractivity contribution in [1.29, 1.82) is 0 Å². The first kappa shape index (κ1) is 9.05. The van der Waals surface area contributed by atoms with Crippen molar-refractivity contribution in [2.24, 2.45) is 11.8 Å². The van der Waals surface area contributed by atoms with E-state index >= 15 is 0 Å². The Hall–Kier alpha value is -0.0400. The molecule has 1 rings (SSSR count). The summed E-state index contributed by atoms with van der Waals surface area (Å²) in [6, 6.07) is 0. The van der Waals surface area contributed by atoms with Crippen LogP contribution in [0.3, 0.4) is 0 Å². The Labute approximate surface area is 69.8 Å². The Morgan fingerprint density at radius 2 is 2.09 bits per heavy atom. The molecule has 66 valence electrons. The maximum absolute atomic E-state index is 10.1. The molecule has 0 heterocycles. The normalized spacial score (nSPS) is 26.2. The summed E-state index contributed by atoms with van der Waals surface area (Å²) in [6.07, 6.45) is 4.82. The van der Waals surface area contributed by atoms with Crippen LogP contribution in [0.5, 0.6) is 0 Å². The van der Waals surface area contributed by atoms with Crippen LogP contribution in [0.15, 0.2) is 0 Å². The van der Waals surface area contributed by atoms with E-state index < -0.39 is 0 Å². The lowest BCUT2D eigenvalue weighted by atomic mass is 9.83. The zero-order chi connectivity index (χ0) is 8.48. The molecule has 0 bridgehead atoms. The van der Waals surface area contributed by atoms with Gasteiger partial charge in [0.1, 0.15) is 0 Å². The summed E-state index contributed by atoms with van der Waals surface area (Å²) >= 11 is 0. The topological polar surface area (TPSA) is 20.2 Å². The summed E-state index contributed by atoms with van der Waals surface area (Å²) in [7, 11) is 0. The lowest BCUT2D eigenvalue weighted by Gasteiger charge is -2.30. The SMILES string of the molecule is CCCC(C)C(C)(O)C1CC1. The lowest BCUT2D eigenvalue weighted by molar-refractivity contribution is -0.0183. The molecule has 0 aromatic heterocycles. The third-order valence-electron chi connectivity index (χ3n) is 3.12. The zero-order valence-electron chi connectivity index (χ0n) is 7.93. The van der Waals surface area contributed by atoms with Crippen molar-refractivity contribution in [3.05, 3.63) is 0 Å². The standard InChI is InChI=1S/C10H20O/c1-4-5-8(2)10(3,11)9-6-7-9/h8-9,11H,4-7H2,1-3H3. The Kier molecular flexibility index (Phi) is 2.58. The van der Waals surface area contributed by atoms with Crippen LogP contribution >= 0.6 is 0 Å². The average molecular weight is 156 g/mol. The van der Waals surface area contributed by atoms with Gasteiger partial charge in [-0.2, -0.15) is 0 Å². The van der Waals surface area contributed by atoms with Crippen LogP contribution in [-0.2, 0) is 0 Å². The molecule has 0 radical (unpaired) electrons. The van der Waals surface area contributed by atoms with Gasteiger partial charge in [0.05, 0.1) is 5.60 Å². The monoisotopic (exact) mass is 156 g/mol. The van der Waals surface area contributed by atoms with Crippen molar-refractivity contribution in [3.63, 3.8) is 0 Å². The molecule has 1 saturated carbocycles. The van der Waals surface area contributed by atoms with Gasteiger partial charge in [0.25, 0.3) is 0 Å². The highest BCUT2D eigenvalue weighted by molar-refractivity contribution is 4.94. The van der Waals surface area contributed by atoms with Gasteiger partial charge in [0.2, 0.25) is 0 Å². The van der Waals surface area contributed by atoms with Gasteiger partial charge in [-0.05, 0) is 38.0 Å². The molecule has 11 heavy (non-hydrogen) atoms. The van der Waals surface area contributed by atoms with E-state index in [1.165, 1.54) is 19.3 Å². The van der Waals surface area contributed by atoms with E-state index in [0.29, 0.717) is 11.8 Å². The highest BCUT2D eigenvalue weighted by Gasteiger charge is 2.42. The fourth-order valence-corrected chi connectivity index (χ4v) is 1.80. The summed E-state index contributed by atoms with van der Waals surface area (Å²) in [6.45, 7) is 6.35. The van der Waals surface area contributed by atoms with Gasteiger partial charge in [-0.3, -0.25) is 0 Å². The van der Waals surface area contributed by atoms with Crippen molar-refractivity contribution >= 4 is 0 Å². The fourth-order valence-electron chi connectivity index (χ4n) is 1.80. The second-order valence-electron chi connectivity index (χ2n) is 4.19. The molecule has 0 amide bonds. The first-order valence-corrected chi connectivity index (χ1v) is 4.81. The van der Waals surface area contributed by atoms with Gasteiger partial charge in [-0.15, -0.1) is 0 Å². The van der Waals surface area contributed by atoms with Crippen molar-refractivity contribution in [3.8, 4) is 0 Å². The van der Waals surface area contributed by atoms with Crippen LogP contribution in [0, 0.1) is 11.8 Å². The van der Waals surface area contributed by atoms with E-state index in [4.69, 9.17) is 0 Å². The number of hydrogen-bond acceptors (Lipinski definition) is 1. The van der Waals surface area contributed by atoms with E-state index in [2.05, 4.69) is 13.8 Å². The highest BCUT2D eigenvalue weighted by Crippen LogP contribution is 2.44. The highest BCUT2D eigenvalue weighted by atomic mass is 16.3. The molecule has 2 atom stereocenters. The minimum absolute atomic E-state index is 0.379. The second kappa shape index (κ2) is 3.14.